The maximum atomic E-state index is 11.6. The molecule has 104 valence electrons. The van der Waals surface area contributed by atoms with E-state index in [0.717, 1.165) is 0 Å². The van der Waals surface area contributed by atoms with Gasteiger partial charge >= 0.3 is 0 Å². The highest BCUT2D eigenvalue weighted by molar-refractivity contribution is 5.96. The summed E-state index contributed by atoms with van der Waals surface area (Å²) in [6.45, 7) is 0. The molecule has 0 fully saturated rings. The van der Waals surface area contributed by atoms with Gasteiger partial charge in [0, 0.05) is 18.6 Å². The van der Waals surface area contributed by atoms with E-state index < -0.39 is 5.91 Å². The number of para-hydroxylation sites is 1. The molecule has 6 heteroatoms. The van der Waals surface area contributed by atoms with E-state index in [0.29, 0.717) is 17.2 Å². The highest BCUT2D eigenvalue weighted by Gasteiger charge is 2.17. The van der Waals surface area contributed by atoms with Crippen LogP contribution in [0.15, 0.2) is 61.2 Å². The van der Waals surface area contributed by atoms with E-state index in [4.69, 9.17) is 10.5 Å². The highest BCUT2D eigenvalue weighted by Crippen LogP contribution is 2.30. The Kier molecular flexibility index (Phi) is 3.34. The average molecular weight is 280 g/mol. The molecule has 1 aromatic carbocycles. The molecule has 2 N–H and O–H groups in total. The lowest BCUT2D eigenvalue weighted by Gasteiger charge is -2.13. The van der Waals surface area contributed by atoms with E-state index in [2.05, 4.69) is 10.1 Å². The van der Waals surface area contributed by atoms with Crippen LogP contribution in [0.2, 0.25) is 0 Å². The van der Waals surface area contributed by atoms with E-state index >= 15 is 0 Å². The van der Waals surface area contributed by atoms with Gasteiger partial charge in [-0.05, 0) is 18.2 Å². The van der Waals surface area contributed by atoms with Crippen molar-refractivity contribution in [3.05, 3.63) is 66.7 Å². The molecule has 3 rings (SSSR count). The molecule has 0 aliphatic heterocycles. The molecule has 6 nitrogen and oxygen atoms in total. The quantitative estimate of drug-likeness (QED) is 0.793. The highest BCUT2D eigenvalue weighted by atomic mass is 16.5. The maximum Gasteiger partial charge on any atom is 0.254 e. The third kappa shape index (κ3) is 2.59. The molecule has 0 radical (unpaired) electrons. The number of hydrogen-bond donors (Lipinski definition) is 1. The normalized spacial score (nSPS) is 10.3. The number of carbonyl (C=O) groups excluding carboxylic acids is 1. The van der Waals surface area contributed by atoms with Gasteiger partial charge in [0.15, 0.2) is 5.75 Å². The summed E-state index contributed by atoms with van der Waals surface area (Å²) in [6, 6.07) is 10.9. The van der Waals surface area contributed by atoms with E-state index in [1.165, 1.54) is 6.20 Å². The Balaban J connectivity index is 2.13. The van der Waals surface area contributed by atoms with Gasteiger partial charge in [0.25, 0.3) is 5.91 Å². The van der Waals surface area contributed by atoms with E-state index in [1.54, 1.807) is 41.5 Å². The van der Waals surface area contributed by atoms with Gasteiger partial charge < -0.3 is 10.5 Å². The van der Waals surface area contributed by atoms with Crippen molar-refractivity contribution in [1.29, 1.82) is 0 Å². The summed E-state index contributed by atoms with van der Waals surface area (Å²) in [5.41, 5.74) is 6.14. The van der Waals surface area contributed by atoms with Crippen LogP contribution in [0.4, 0.5) is 0 Å². The van der Waals surface area contributed by atoms with Crippen LogP contribution in [-0.4, -0.2) is 20.7 Å². The molecule has 0 saturated carbocycles. The number of primary amides is 1. The molecule has 2 aromatic heterocycles. The van der Waals surface area contributed by atoms with Gasteiger partial charge in [-0.25, -0.2) is 4.68 Å². The average Bonchev–Trinajstić information content (AvgIpc) is 3.02. The fraction of sp³-hybridized carbons (Fsp3) is 0. The SMILES string of the molecule is NC(=O)c1cncc(-n2cccn2)c1Oc1ccccc1. The minimum Gasteiger partial charge on any atom is -0.454 e. The molecular weight excluding hydrogens is 268 g/mol. The first kappa shape index (κ1) is 12.9. The van der Waals surface area contributed by atoms with Crippen LogP contribution in [0, 0.1) is 0 Å². The third-order valence-electron chi connectivity index (χ3n) is 2.86. The standard InChI is InChI=1S/C15H12N4O2/c16-15(20)12-9-17-10-13(19-8-4-7-18-19)14(12)21-11-5-2-1-3-6-11/h1-10H,(H2,16,20). The molecule has 0 bridgehead atoms. The molecule has 0 spiro atoms. The summed E-state index contributed by atoms with van der Waals surface area (Å²) >= 11 is 0. The summed E-state index contributed by atoms with van der Waals surface area (Å²) in [5, 5.41) is 4.13. The molecule has 3 aromatic rings. The summed E-state index contributed by atoms with van der Waals surface area (Å²) in [4.78, 5) is 15.6. The lowest BCUT2D eigenvalue weighted by Crippen LogP contribution is -2.14. The monoisotopic (exact) mass is 280 g/mol. The van der Waals surface area contributed by atoms with Crippen LogP contribution in [0.1, 0.15) is 10.4 Å². The first-order valence-corrected chi connectivity index (χ1v) is 6.26. The summed E-state index contributed by atoms with van der Waals surface area (Å²) < 4.78 is 7.39. The zero-order valence-corrected chi connectivity index (χ0v) is 11.0. The lowest BCUT2D eigenvalue weighted by atomic mass is 10.2. The smallest absolute Gasteiger partial charge is 0.254 e. The van der Waals surface area contributed by atoms with Crippen LogP contribution in [0.25, 0.3) is 5.69 Å². The lowest BCUT2D eigenvalue weighted by molar-refractivity contribution is 0.0997. The largest absolute Gasteiger partial charge is 0.454 e. The number of benzene rings is 1. The van der Waals surface area contributed by atoms with Gasteiger partial charge in [0.05, 0.1) is 6.20 Å². The number of nitrogens with two attached hydrogens (primary N) is 1. The molecule has 0 atom stereocenters. The van der Waals surface area contributed by atoms with Gasteiger partial charge in [-0.3, -0.25) is 9.78 Å². The Morgan fingerprint density at radius 1 is 1.14 bits per heavy atom. The number of aromatic nitrogens is 3. The van der Waals surface area contributed by atoms with Gasteiger partial charge in [-0.1, -0.05) is 18.2 Å². The molecule has 0 saturated heterocycles. The number of pyridine rings is 1. The second-order valence-electron chi connectivity index (χ2n) is 4.27. The fourth-order valence-corrected chi connectivity index (χ4v) is 1.90. The predicted molar refractivity (Wildman–Crippen MR) is 76.4 cm³/mol. The Bertz CT molecular complexity index is 755. The number of ether oxygens (including phenoxy) is 1. The fourth-order valence-electron chi connectivity index (χ4n) is 1.90. The molecule has 0 aliphatic rings. The summed E-state index contributed by atoms with van der Waals surface area (Å²) in [7, 11) is 0. The zero-order valence-electron chi connectivity index (χ0n) is 11.0. The molecule has 0 unspecified atom stereocenters. The molecule has 0 aliphatic carbocycles. The Labute approximate surface area is 120 Å². The van der Waals surface area contributed by atoms with Crippen LogP contribution in [-0.2, 0) is 0 Å². The Morgan fingerprint density at radius 2 is 1.95 bits per heavy atom. The summed E-state index contributed by atoms with van der Waals surface area (Å²) in [5.74, 6) is 0.314. The third-order valence-corrected chi connectivity index (χ3v) is 2.86. The second-order valence-corrected chi connectivity index (χ2v) is 4.27. The van der Waals surface area contributed by atoms with Gasteiger partial charge in [0.2, 0.25) is 0 Å². The second kappa shape index (κ2) is 5.46. The number of rotatable bonds is 4. The first-order chi connectivity index (χ1) is 10.3. The molecule has 21 heavy (non-hydrogen) atoms. The molecule has 2 heterocycles. The predicted octanol–water partition coefficient (Wildman–Crippen LogP) is 2.16. The minimum atomic E-state index is -0.609. The maximum absolute atomic E-state index is 11.6. The van der Waals surface area contributed by atoms with Crippen molar-refractivity contribution < 1.29 is 9.53 Å². The van der Waals surface area contributed by atoms with Crippen molar-refractivity contribution in [2.24, 2.45) is 5.73 Å². The van der Waals surface area contributed by atoms with Crippen LogP contribution >= 0.6 is 0 Å². The minimum absolute atomic E-state index is 0.201. The van der Waals surface area contributed by atoms with Crippen molar-refractivity contribution in [3.63, 3.8) is 0 Å². The van der Waals surface area contributed by atoms with E-state index in [1.807, 2.05) is 18.2 Å². The van der Waals surface area contributed by atoms with Crippen LogP contribution in [0.5, 0.6) is 11.5 Å². The van der Waals surface area contributed by atoms with Gasteiger partial charge in [-0.15, -0.1) is 0 Å². The van der Waals surface area contributed by atoms with Crippen molar-refractivity contribution in [3.8, 4) is 17.2 Å². The van der Waals surface area contributed by atoms with Crippen molar-refractivity contribution in [2.75, 3.05) is 0 Å². The Morgan fingerprint density at radius 3 is 2.62 bits per heavy atom. The topological polar surface area (TPSA) is 83.0 Å². The van der Waals surface area contributed by atoms with Gasteiger partial charge in [-0.2, -0.15) is 5.10 Å². The zero-order chi connectivity index (χ0) is 14.7. The van der Waals surface area contributed by atoms with Crippen LogP contribution < -0.4 is 10.5 Å². The number of hydrogen-bond acceptors (Lipinski definition) is 4. The van der Waals surface area contributed by atoms with E-state index in [9.17, 15) is 4.79 Å². The van der Waals surface area contributed by atoms with Crippen molar-refractivity contribution >= 4 is 5.91 Å². The van der Waals surface area contributed by atoms with Gasteiger partial charge in [0.1, 0.15) is 17.0 Å². The number of amides is 1. The Hall–Kier alpha value is -3.15. The first-order valence-electron chi connectivity index (χ1n) is 6.26. The van der Waals surface area contributed by atoms with E-state index in [-0.39, 0.29) is 5.56 Å². The molecule has 1 amide bonds. The van der Waals surface area contributed by atoms with Crippen LogP contribution in [0.3, 0.4) is 0 Å². The summed E-state index contributed by atoms with van der Waals surface area (Å²) in [6.07, 6.45) is 6.31. The van der Waals surface area contributed by atoms with Crippen molar-refractivity contribution in [2.45, 2.75) is 0 Å². The molecular formula is C15H12N4O2. The van der Waals surface area contributed by atoms with Crippen molar-refractivity contribution in [1.82, 2.24) is 14.8 Å². The number of carbonyl (C=O) groups is 1. The number of nitrogens with zero attached hydrogens (tertiary/aromatic N) is 3.